The number of hydrogen-bond acceptors (Lipinski definition) is 8. The molecule has 0 heterocycles. The number of alkyl halides is 17. The molecule has 2 rings (SSSR count). The minimum Gasteiger partial charge on any atom is -0.394 e. The lowest BCUT2D eigenvalue weighted by Gasteiger charge is -2.43. The molecule has 2 atom stereocenters. The van der Waals surface area contributed by atoms with Crippen molar-refractivity contribution in [3.63, 3.8) is 0 Å². The van der Waals surface area contributed by atoms with Crippen LogP contribution < -0.4 is 15.5 Å². The third-order valence-corrected chi connectivity index (χ3v) is 8.54. The van der Waals surface area contributed by atoms with Gasteiger partial charge in [0.2, 0.25) is 5.91 Å². The Morgan fingerprint density at radius 3 is 1.61 bits per heavy atom. The first-order chi connectivity index (χ1) is 27.7. The predicted molar refractivity (Wildman–Crippen MR) is 179 cm³/mol. The number of nitrogens with one attached hydrogen (secondary N) is 2. The van der Waals surface area contributed by atoms with Crippen molar-refractivity contribution in [2.75, 3.05) is 51.9 Å². The van der Waals surface area contributed by atoms with E-state index in [1.807, 2.05) is 15.5 Å². The first-order valence-corrected chi connectivity index (χ1v) is 17.2. The minimum atomic E-state index is -8.78. The number of anilines is 1. The third-order valence-electron chi connectivity index (χ3n) is 8.54. The number of benzene rings is 2. The molecule has 2 aromatic rings. The number of nitrogens with zero attached hydrogens (tertiary/aromatic N) is 3. The Labute approximate surface area is 334 Å². The van der Waals surface area contributed by atoms with Gasteiger partial charge >= 0.3 is 47.6 Å². The lowest BCUT2D eigenvalue weighted by atomic mass is 9.87. The van der Waals surface area contributed by atoms with Crippen LogP contribution in [0.4, 0.5) is 91.7 Å². The van der Waals surface area contributed by atoms with E-state index in [9.17, 15) is 89.3 Å². The second kappa shape index (κ2) is 19.7. The summed E-state index contributed by atoms with van der Waals surface area (Å²) in [4.78, 5) is 27.5. The van der Waals surface area contributed by atoms with Gasteiger partial charge in [0, 0.05) is 51.5 Å². The fourth-order valence-corrected chi connectivity index (χ4v) is 4.77. The van der Waals surface area contributed by atoms with Gasteiger partial charge in [-0.05, 0) is 61.4 Å². The van der Waals surface area contributed by atoms with Crippen molar-refractivity contribution in [2.45, 2.75) is 73.0 Å². The summed E-state index contributed by atoms with van der Waals surface area (Å²) in [5.41, 5.74) is 1.23. The van der Waals surface area contributed by atoms with Crippen molar-refractivity contribution >= 4 is 28.9 Å². The van der Waals surface area contributed by atoms with E-state index in [1.165, 1.54) is 12.1 Å². The SMILES string of the molecule is CN(C)c1ccc(/N=N/c2ccc(C(=O)NCC(CCC(F)(F)C(F)(F)C(F)(F)C(F)(F)C(F)(F)C(F)(F)C(F)(F)C(F)(F)F)C(=O)NCCCOCC(O)CO)cc2)cc1. The molecular formula is C34H36F17N5O5. The Bertz CT molecular complexity index is 1780. The molecule has 10 nitrogen and oxygen atoms in total. The largest absolute Gasteiger partial charge is 0.460 e. The van der Waals surface area contributed by atoms with Gasteiger partial charge in [-0.3, -0.25) is 9.59 Å². The maximum absolute atomic E-state index is 14.8. The topological polar surface area (TPSA) is 136 Å². The van der Waals surface area contributed by atoms with Crippen LogP contribution in [0.3, 0.4) is 0 Å². The number of aliphatic hydroxyl groups is 2. The van der Waals surface area contributed by atoms with Crippen LogP contribution in [0.25, 0.3) is 0 Å². The zero-order chi connectivity index (χ0) is 47.0. The van der Waals surface area contributed by atoms with Crippen molar-refractivity contribution in [1.29, 1.82) is 0 Å². The molecule has 2 unspecified atom stereocenters. The van der Waals surface area contributed by atoms with Crippen LogP contribution in [0.15, 0.2) is 58.8 Å². The highest BCUT2D eigenvalue weighted by Crippen LogP contribution is 2.64. The third kappa shape index (κ3) is 11.5. The van der Waals surface area contributed by atoms with Gasteiger partial charge in [0.05, 0.1) is 30.5 Å². The maximum Gasteiger partial charge on any atom is 0.460 e. The highest BCUT2D eigenvalue weighted by atomic mass is 19.4. The summed E-state index contributed by atoms with van der Waals surface area (Å²) in [5, 5.41) is 30.0. The number of aliphatic hydroxyl groups excluding tert-OH is 2. The van der Waals surface area contributed by atoms with Crippen LogP contribution in [-0.2, 0) is 9.53 Å². The number of azo groups is 1. The van der Waals surface area contributed by atoms with Gasteiger partial charge in [-0.15, -0.1) is 0 Å². The quantitative estimate of drug-likeness (QED) is 0.0505. The Kier molecular flexibility index (Phi) is 17.0. The van der Waals surface area contributed by atoms with Gasteiger partial charge in [0.25, 0.3) is 5.91 Å². The number of carbonyl (C=O) groups excluding carboxylic acids is 2. The second-order valence-corrected chi connectivity index (χ2v) is 13.3. The monoisotopic (exact) mass is 917 g/mol. The van der Waals surface area contributed by atoms with E-state index >= 15 is 0 Å². The minimum absolute atomic E-state index is 0.157. The normalized spacial score (nSPS) is 14.8. The van der Waals surface area contributed by atoms with Crippen LogP contribution in [0.5, 0.6) is 0 Å². The van der Waals surface area contributed by atoms with Gasteiger partial charge in [0.1, 0.15) is 6.10 Å². The molecule has 0 radical (unpaired) electrons. The van der Waals surface area contributed by atoms with Crippen LogP contribution in [0.1, 0.15) is 29.6 Å². The molecule has 0 saturated heterocycles. The number of ether oxygens (including phenoxy) is 1. The molecular weight excluding hydrogens is 881 g/mol. The molecule has 0 spiro atoms. The van der Waals surface area contributed by atoms with Gasteiger partial charge < -0.3 is 30.5 Å². The summed E-state index contributed by atoms with van der Waals surface area (Å²) >= 11 is 0. The summed E-state index contributed by atoms with van der Waals surface area (Å²) in [5.74, 6) is -62.4. The highest BCUT2D eigenvalue weighted by Gasteiger charge is 2.95. The summed E-state index contributed by atoms with van der Waals surface area (Å²) in [6.45, 7) is -2.98. The van der Waals surface area contributed by atoms with Gasteiger partial charge in [-0.25, -0.2) is 0 Å². The van der Waals surface area contributed by atoms with Crippen LogP contribution >= 0.6 is 0 Å². The van der Waals surface area contributed by atoms with Crippen LogP contribution in [0.2, 0.25) is 0 Å². The zero-order valence-corrected chi connectivity index (χ0v) is 31.3. The first kappa shape index (κ1) is 52.6. The van der Waals surface area contributed by atoms with E-state index in [2.05, 4.69) is 10.2 Å². The Morgan fingerprint density at radius 1 is 0.689 bits per heavy atom. The smallest absolute Gasteiger partial charge is 0.394 e. The Hall–Kier alpha value is -4.53. The highest BCUT2D eigenvalue weighted by molar-refractivity contribution is 5.94. The van der Waals surface area contributed by atoms with E-state index in [4.69, 9.17) is 9.84 Å². The summed E-state index contributed by atoms with van der Waals surface area (Å²) < 4.78 is 239. The molecule has 61 heavy (non-hydrogen) atoms. The van der Waals surface area contributed by atoms with Crippen molar-refractivity contribution in [1.82, 2.24) is 10.6 Å². The summed E-state index contributed by atoms with van der Waals surface area (Å²) in [6, 6.07) is 11.5. The summed E-state index contributed by atoms with van der Waals surface area (Å²) in [6.07, 6.45) is -14.1. The van der Waals surface area contributed by atoms with E-state index < -0.39 is 111 Å². The van der Waals surface area contributed by atoms with E-state index in [0.29, 0.717) is 5.69 Å². The number of carbonyl (C=O) groups is 2. The molecule has 2 aromatic carbocycles. The first-order valence-electron chi connectivity index (χ1n) is 17.2. The lowest BCUT2D eigenvalue weighted by molar-refractivity contribution is -0.461. The molecule has 0 aliphatic carbocycles. The van der Waals surface area contributed by atoms with Crippen molar-refractivity contribution in [3.05, 3.63) is 54.1 Å². The van der Waals surface area contributed by atoms with Gasteiger partial charge in [-0.1, -0.05) is 0 Å². The Morgan fingerprint density at radius 2 is 1.15 bits per heavy atom. The van der Waals surface area contributed by atoms with Gasteiger partial charge in [0.15, 0.2) is 0 Å². The molecule has 2 amide bonds. The molecule has 0 aliphatic heterocycles. The summed E-state index contributed by atoms with van der Waals surface area (Å²) in [7, 11) is 3.60. The molecule has 0 aliphatic rings. The van der Waals surface area contributed by atoms with Crippen LogP contribution in [-0.4, -0.2) is 123 Å². The molecule has 4 N–H and O–H groups in total. The van der Waals surface area contributed by atoms with E-state index in [0.717, 1.165) is 17.8 Å². The van der Waals surface area contributed by atoms with E-state index in [1.54, 1.807) is 38.4 Å². The van der Waals surface area contributed by atoms with Crippen molar-refractivity contribution < 1.29 is 99.2 Å². The Balaban J connectivity index is 2.31. The van der Waals surface area contributed by atoms with Crippen molar-refractivity contribution in [3.8, 4) is 0 Å². The molecule has 27 heteroatoms. The predicted octanol–water partition coefficient (Wildman–Crippen LogP) is 8.18. The number of rotatable bonds is 23. The number of hydrogen-bond donors (Lipinski definition) is 4. The van der Waals surface area contributed by atoms with E-state index in [-0.39, 0.29) is 24.3 Å². The fourth-order valence-electron chi connectivity index (χ4n) is 4.77. The standard InChI is InChI=1S/C34H36F17N5O5/c1-56(2)23-10-8-22(9-11-23)55-54-21-6-4-19(5-7-21)25(59)53-16-20(26(60)52-14-3-15-61-18-24(58)17-57)12-13-27(35,36)28(37,38)29(39,40)30(41,42)31(43,44)32(45,46)33(47,48)34(49,50)51/h4-11,20,24,57-58H,3,12-18H2,1-2H3,(H,52,60)(H,53,59)/b55-54+. The second-order valence-electron chi connectivity index (χ2n) is 13.3. The lowest BCUT2D eigenvalue weighted by Crippen LogP contribution is -2.74. The molecule has 0 fully saturated rings. The van der Waals surface area contributed by atoms with Gasteiger partial charge in [-0.2, -0.15) is 84.9 Å². The molecule has 0 saturated carbocycles. The number of amides is 2. The van der Waals surface area contributed by atoms with Crippen LogP contribution in [0, 0.1) is 5.92 Å². The number of halogens is 17. The average molecular weight is 918 g/mol. The maximum atomic E-state index is 14.8. The molecule has 0 aromatic heterocycles. The fraction of sp³-hybridized carbons (Fsp3) is 0.588. The molecule has 346 valence electrons. The zero-order valence-electron chi connectivity index (χ0n) is 31.3. The van der Waals surface area contributed by atoms with Crippen molar-refractivity contribution in [2.24, 2.45) is 16.1 Å². The average Bonchev–Trinajstić information content (AvgIpc) is 3.17. The molecule has 0 bridgehead atoms.